The third-order valence-electron chi connectivity index (χ3n) is 3.07. The van der Waals surface area contributed by atoms with E-state index in [-0.39, 0.29) is 29.5 Å². The normalized spacial score (nSPS) is 10.6. The van der Waals surface area contributed by atoms with E-state index < -0.39 is 5.97 Å². The predicted molar refractivity (Wildman–Crippen MR) is 76.5 cm³/mol. The average Bonchev–Trinajstić information content (AvgIpc) is 2.80. The van der Waals surface area contributed by atoms with E-state index in [4.69, 9.17) is 10.5 Å². The van der Waals surface area contributed by atoms with Gasteiger partial charge in [-0.2, -0.15) is 9.78 Å². The second-order valence-corrected chi connectivity index (χ2v) is 4.38. The highest BCUT2D eigenvalue weighted by molar-refractivity contribution is 5.94. The minimum atomic E-state index is -0.564. The van der Waals surface area contributed by atoms with Crippen LogP contribution in [0.3, 0.4) is 0 Å². The second kappa shape index (κ2) is 5.78. The number of rotatable bonds is 4. The lowest BCUT2D eigenvalue weighted by atomic mass is 10.2. The van der Waals surface area contributed by atoms with Gasteiger partial charge in [-0.25, -0.2) is 9.78 Å². The molecule has 0 atom stereocenters. The average molecular weight is 291 g/mol. The van der Waals surface area contributed by atoms with Gasteiger partial charge < -0.3 is 10.5 Å². The summed E-state index contributed by atoms with van der Waals surface area (Å²) in [5, 5.41) is 3.99. The minimum Gasteiger partial charge on any atom is -0.462 e. The Balaban J connectivity index is 2.49. The van der Waals surface area contributed by atoms with Crippen molar-refractivity contribution in [3.63, 3.8) is 0 Å². The maximum atomic E-state index is 12.0. The third-order valence-corrected chi connectivity index (χ3v) is 3.07. The Bertz CT molecular complexity index is 732. The largest absolute Gasteiger partial charge is 0.462 e. The summed E-state index contributed by atoms with van der Waals surface area (Å²) in [6, 6.07) is 0. The summed E-state index contributed by atoms with van der Waals surface area (Å²) < 4.78 is 6.09. The van der Waals surface area contributed by atoms with E-state index in [0.29, 0.717) is 17.7 Å². The molecule has 0 aromatic carbocycles. The standard InChI is InChI=1S/C13H17N5O3/c1-4-8-7(3)16-13(17-11(8)19)18-10(14)9(6-15-18)12(20)21-5-2/h6H,4-5,14H2,1-3H3,(H,16,17,19). The lowest BCUT2D eigenvalue weighted by molar-refractivity contribution is 0.0527. The fourth-order valence-corrected chi connectivity index (χ4v) is 2.01. The molecule has 0 aliphatic rings. The van der Waals surface area contributed by atoms with Crippen LogP contribution in [0.5, 0.6) is 0 Å². The van der Waals surface area contributed by atoms with Crippen molar-refractivity contribution in [2.24, 2.45) is 0 Å². The lowest BCUT2D eigenvalue weighted by Crippen LogP contribution is -2.20. The molecular formula is C13H17N5O3. The fourth-order valence-electron chi connectivity index (χ4n) is 2.01. The molecule has 0 saturated heterocycles. The summed E-state index contributed by atoms with van der Waals surface area (Å²) >= 11 is 0. The topological polar surface area (TPSA) is 116 Å². The molecule has 0 radical (unpaired) electrons. The van der Waals surface area contributed by atoms with E-state index >= 15 is 0 Å². The highest BCUT2D eigenvalue weighted by Gasteiger charge is 2.18. The molecule has 8 nitrogen and oxygen atoms in total. The summed E-state index contributed by atoms with van der Waals surface area (Å²) in [5.74, 6) is -0.325. The van der Waals surface area contributed by atoms with E-state index in [2.05, 4.69) is 15.1 Å². The summed E-state index contributed by atoms with van der Waals surface area (Å²) in [4.78, 5) is 30.5. The van der Waals surface area contributed by atoms with Crippen LogP contribution in [0.25, 0.3) is 5.95 Å². The summed E-state index contributed by atoms with van der Waals surface area (Å²) in [7, 11) is 0. The molecule has 112 valence electrons. The number of aryl methyl sites for hydroxylation is 1. The number of nitrogens with two attached hydrogens (primary N) is 1. The first-order valence-electron chi connectivity index (χ1n) is 6.60. The number of esters is 1. The quantitative estimate of drug-likeness (QED) is 0.796. The minimum absolute atomic E-state index is 0.0697. The van der Waals surface area contributed by atoms with Crippen molar-refractivity contribution < 1.29 is 9.53 Å². The zero-order valence-corrected chi connectivity index (χ0v) is 12.1. The zero-order chi connectivity index (χ0) is 15.6. The molecule has 2 rings (SSSR count). The maximum Gasteiger partial charge on any atom is 0.343 e. The number of hydrogen-bond acceptors (Lipinski definition) is 6. The molecule has 0 fully saturated rings. The number of nitrogens with zero attached hydrogens (tertiary/aromatic N) is 3. The third kappa shape index (κ3) is 2.64. The number of aromatic nitrogens is 4. The molecule has 21 heavy (non-hydrogen) atoms. The van der Waals surface area contributed by atoms with Crippen molar-refractivity contribution in [1.82, 2.24) is 19.7 Å². The van der Waals surface area contributed by atoms with Crippen molar-refractivity contribution in [2.45, 2.75) is 27.2 Å². The molecule has 8 heteroatoms. The molecular weight excluding hydrogens is 274 g/mol. The number of H-pyrrole nitrogens is 1. The highest BCUT2D eigenvalue weighted by atomic mass is 16.5. The summed E-state index contributed by atoms with van der Waals surface area (Å²) in [6.45, 7) is 5.55. The van der Waals surface area contributed by atoms with Crippen molar-refractivity contribution in [2.75, 3.05) is 12.3 Å². The van der Waals surface area contributed by atoms with E-state index in [0.717, 1.165) is 0 Å². The van der Waals surface area contributed by atoms with Gasteiger partial charge in [-0.3, -0.25) is 9.78 Å². The molecule has 0 aliphatic heterocycles. The molecule has 0 amide bonds. The Morgan fingerprint density at radius 2 is 2.19 bits per heavy atom. The molecule has 2 aromatic rings. The van der Waals surface area contributed by atoms with Gasteiger partial charge in [0.05, 0.1) is 12.8 Å². The Morgan fingerprint density at radius 3 is 2.76 bits per heavy atom. The number of aromatic amines is 1. The van der Waals surface area contributed by atoms with Crippen LogP contribution in [0.4, 0.5) is 5.82 Å². The van der Waals surface area contributed by atoms with Crippen LogP contribution in [0, 0.1) is 6.92 Å². The van der Waals surface area contributed by atoms with Crippen LogP contribution < -0.4 is 11.3 Å². The second-order valence-electron chi connectivity index (χ2n) is 4.38. The van der Waals surface area contributed by atoms with Gasteiger partial charge >= 0.3 is 5.97 Å². The van der Waals surface area contributed by atoms with Crippen LogP contribution in [-0.2, 0) is 11.2 Å². The van der Waals surface area contributed by atoms with E-state index in [9.17, 15) is 9.59 Å². The summed E-state index contributed by atoms with van der Waals surface area (Å²) in [6.07, 6.45) is 1.87. The number of anilines is 1. The Labute approximate surface area is 121 Å². The molecule has 2 aromatic heterocycles. The Kier molecular flexibility index (Phi) is 4.06. The number of carbonyl (C=O) groups excluding carboxylic acids is 1. The highest BCUT2D eigenvalue weighted by Crippen LogP contribution is 2.15. The molecule has 0 saturated carbocycles. The van der Waals surface area contributed by atoms with Gasteiger partial charge in [0.1, 0.15) is 11.4 Å². The summed E-state index contributed by atoms with van der Waals surface area (Å²) in [5.41, 5.74) is 6.98. The SMILES string of the molecule is CCOC(=O)c1cnn(-c2nc(C)c(CC)c(=O)[nH]2)c1N. The molecule has 3 N–H and O–H groups in total. The molecule has 0 bridgehead atoms. The first kappa shape index (κ1) is 14.8. The van der Waals surface area contributed by atoms with Crippen molar-refractivity contribution in [1.29, 1.82) is 0 Å². The zero-order valence-electron chi connectivity index (χ0n) is 12.1. The predicted octanol–water partition coefficient (Wildman–Crippen LogP) is 0.585. The van der Waals surface area contributed by atoms with Gasteiger partial charge in [0.2, 0.25) is 5.95 Å². The first-order chi connectivity index (χ1) is 9.99. The number of ether oxygens (including phenoxy) is 1. The maximum absolute atomic E-state index is 12.0. The van der Waals surface area contributed by atoms with Gasteiger partial charge in [0, 0.05) is 11.3 Å². The van der Waals surface area contributed by atoms with Gasteiger partial charge in [0.15, 0.2) is 0 Å². The number of hydrogen-bond donors (Lipinski definition) is 2. The number of nitrogen functional groups attached to an aromatic ring is 1. The smallest absolute Gasteiger partial charge is 0.343 e. The van der Waals surface area contributed by atoms with Gasteiger partial charge in [0.25, 0.3) is 5.56 Å². The van der Waals surface area contributed by atoms with Crippen molar-refractivity contribution in [3.8, 4) is 5.95 Å². The fraction of sp³-hybridized carbons (Fsp3) is 0.385. The van der Waals surface area contributed by atoms with Crippen LogP contribution in [0.2, 0.25) is 0 Å². The molecule has 0 unspecified atom stereocenters. The number of carbonyl (C=O) groups is 1. The van der Waals surface area contributed by atoms with Gasteiger partial charge in [-0.1, -0.05) is 6.92 Å². The molecule has 0 aliphatic carbocycles. The Morgan fingerprint density at radius 1 is 1.48 bits per heavy atom. The molecule has 2 heterocycles. The van der Waals surface area contributed by atoms with Crippen molar-refractivity contribution >= 4 is 11.8 Å². The lowest BCUT2D eigenvalue weighted by Gasteiger charge is -2.07. The van der Waals surface area contributed by atoms with E-state index in [1.807, 2.05) is 6.92 Å². The van der Waals surface area contributed by atoms with Crippen LogP contribution in [0.1, 0.15) is 35.5 Å². The van der Waals surface area contributed by atoms with E-state index in [1.165, 1.54) is 10.9 Å². The van der Waals surface area contributed by atoms with Crippen LogP contribution in [0.15, 0.2) is 11.0 Å². The number of nitrogens with one attached hydrogen (secondary N) is 1. The van der Waals surface area contributed by atoms with Crippen molar-refractivity contribution in [3.05, 3.63) is 33.4 Å². The van der Waals surface area contributed by atoms with Gasteiger partial charge in [-0.15, -0.1) is 0 Å². The monoisotopic (exact) mass is 291 g/mol. The molecule has 0 spiro atoms. The van der Waals surface area contributed by atoms with Crippen LogP contribution in [-0.4, -0.2) is 32.3 Å². The first-order valence-corrected chi connectivity index (χ1v) is 6.60. The van der Waals surface area contributed by atoms with Crippen LogP contribution >= 0.6 is 0 Å². The Hall–Kier alpha value is -2.64. The van der Waals surface area contributed by atoms with Gasteiger partial charge in [-0.05, 0) is 20.3 Å². The van der Waals surface area contributed by atoms with E-state index in [1.54, 1.807) is 13.8 Å².